The molecule has 0 aliphatic heterocycles. The van der Waals surface area contributed by atoms with Crippen LogP contribution in [0.3, 0.4) is 0 Å². The monoisotopic (exact) mass is 276 g/mol. The molecule has 0 spiro atoms. The van der Waals surface area contributed by atoms with Crippen molar-refractivity contribution in [2.45, 2.75) is 26.8 Å². The Hall–Kier alpha value is -1.61. The van der Waals surface area contributed by atoms with Gasteiger partial charge in [0, 0.05) is 11.6 Å². The number of benzene rings is 1. The maximum Gasteiger partial charge on any atom is 0.330 e. The van der Waals surface area contributed by atoms with Gasteiger partial charge < -0.3 is 9.22 Å². The highest BCUT2D eigenvalue weighted by Crippen LogP contribution is 2.15. The number of ether oxygens (including phenoxy) is 1. The van der Waals surface area contributed by atoms with Crippen molar-refractivity contribution >= 4 is 5.97 Å². The highest BCUT2D eigenvalue weighted by atomic mass is 16.5. The van der Waals surface area contributed by atoms with Crippen molar-refractivity contribution in [1.29, 1.82) is 0 Å². The van der Waals surface area contributed by atoms with Crippen LogP contribution in [0.1, 0.15) is 25.8 Å². The lowest BCUT2D eigenvalue weighted by Gasteiger charge is -2.37. The summed E-state index contributed by atoms with van der Waals surface area (Å²) in [5, 5.41) is 0. The number of esters is 1. The van der Waals surface area contributed by atoms with Gasteiger partial charge in [-0.1, -0.05) is 43.8 Å². The first-order valence-corrected chi connectivity index (χ1v) is 7.34. The molecule has 0 saturated heterocycles. The zero-order valence-electron chi connectivity index (χ0n) is 12.7. The lowest BCUT2D eigenvalue weighted by atomic mass is 10.1. The first-order valence-electron chi connectivity index (χ1n) is 7.34. The summed E-state index contributed by atoms with van der Waals surface area (Å²) in [5.74, 6) is -0.338. The quantitative estimate of drug-likeness (QED) is 0.393. The fourth-order valence-electron chi connectivity index (χ4n) is 2.54. The van der Waals surface area contributed by atoms with Gasteiger partial charge in [0.15, 0.2) is 0 Å². The van der Waals surface area contributed by atoms with Gasteiger partial charge in [0.2, 0.25) is 0 Å². The Morgan fingerprint density at radius 1 is 1.25 bits per heavy atom. The number of carbonyl (C=O) groups is 1. The second-order valence-corrected chi connectivity index (χ2v) is 5.12. The number of likely N-dealkylation sites (N-methyl/N-ethyl adjacent to an activating group) is 1. The first-order chi connectivity index (χ1) is 9.65. The summed E-state index contributed by atoms with van der Waals surface area (Å²) < 4.78 is 6.11. The second kappa shape index (κ2) is 8.54. The van der Waals surface area contributed by atoms with E-state index in [9.17, 15) is 4.79 Å². The Balaban J connectivity index is 2.69. The summed E-state index contributed by atoms with van der Waals surface area (Å²) in [7, 11) is 0. The predicted octanol–water partition coefficient (Wildman–Crippen LogP) is 3.16. The molecule has 0 N–H and O–H groups in total. The number of quaternary nitrogens is 1. The Morgan fingerprint density at radius 3 is 2.50 bits per heavy atom. The zero-order valence-corrected chi connectivity index (χ0v) is 12.7. The Labute approximate surface area is 122 Å². The molecule has 1 unspecified atom stereocenters. The molecule has 0 aliphatic rings. The van der Waals surface area contributed by atoms with Crippen LogP contribution in [0.15, 0.2) is 43.0 Å². The van der Waals surface area contributed by atoms with Gasteiger partial charge >= 0.3 is 5.97 Å². The van der Waals surface area contributed by atoms with Crippen LogP contribution in [0, 0.1) is 0 Å². The van der Waals surface area contributed by atoms with Crippen LogP contribution in [0.5, 0.6) is 0 Å². The lowest BCUT2D eigenvalue weighted by Crippen LogP contribution is -2.49. The second-order valence-electron chi connectivity index (χ2n) is 5.12. The number of carbonyl (C=O) groups excluding carboxylic acids is 1. The standard InChI is InChI=1S/C17H26NO2/c1-4-12-18(6-3,13-14-20-17(19)5-2)15-16-10-8-7-9-11-16/h5,7-11H,2,4,6,12-15H2,1,3H3/q+1. The van der Waals surface area contributed by atoms with Gasteiger partial charge in [0.25, 0.3) is 0 Å². The molecule has 0 amide bonds. The van der Waals surface area contributed by atoms with Crippen LogP contribution in [0.2, 0.25) is 0 Å². The summed E-state index contributed by atoms with van der Waals surface area (Å²) in [6, 6.07) is 10.5. The largest absolute Gasteiger partial charge is 0.457 e. The average Bonchev–Trinajstić information content (AvgIpc) is 2.48. The van der Waals surface area contributed by atoms with Crippen LogP contribution < -0.4 is 0 Å². The van der Waals surface area contributed by atoms with Gasteiger partial charge in [-0.25, -0.2) is 4.79 Å². The van der Waals surface area contributed by atoms with E-state index < -0.39 is 0 Å². The van der Waals surface area contributed by atoms with E-state index in [2.05, 4.69) is 44.7 Å². The Bertz CT molecular complexity index is 416. The van der Waals surface area contributed by atoms with Gasteiger partial charge in [-0.3, -0.25) is 0 Å². The van der Waals surface area contributed by atoms with Crippen molar-refractivity contribution in [2.75, 3.05) is 26.2 Å². The summed E-state index contributed by atoms with van der Waals surface area (Å²) >= 11 is 0. The molecule has 0 radical (unpaired) electrons. The molecule has 110 valence electrons. The van der Waals surface area contributed by atoms with Gasteiger partial charge in [-0.05, 0) is 13.3 Å². The molecular formula is C17H26NO2+. The zero-order chi connectivity index (χ0) is 14.8. The molecule has 3 heteroatoms. The molecule has 1 rings (SSSR count). The molecule has 20 heavy (non-hydrogen) atoms. The highest BCUT2D eigenvalue weighted by molar-refractivity contribution is 5.81. The van der Waals surface area contributed by atoms with E-state index in [4.69, 9.17) is 4.74 Å². The van der Waals surface area contributed by atoms with Crippen molar-refractivity contribution in [3.63, 3.8) is 0 Å². The third-order valence-electron chi connectivity index (χ3n) is 3.71. The van der Waals surface area contributed by atoms with Gasteiger partial charge in [-0.15, -0.1) is 0 Å². The average molecular weight is 276 g/mol. The molecule has 1 aromatic carbocycles. The lowest BCUT2D eigenvalue weighted by molar-refractivity contribution is -0.939. The van der Waals surface area contributed by atoms with E-state index in [1.807, 2.05) is 6.07 Å². The summed E-state index contributed by atoms with van der Waals surface area (Å²) in [6.45, 7) is 12.2. The van der Waals surface area contributed by atoms with Crippen molar-refractivity contribution in [3.05, 3.63) is 48.6 Å². The number of hydrogen-bond acceptors (Lipinski definition) is 2. The van der Waals surface area contributed by atoms with Crippen molar-refractivity contribution < 1.29 is 14.0 Å². The molecule has 0 aromatic heterocycles. The Morgan fingerprint density at radius 2 is 1.95 bits per heavy atom. The molecule has 0 heterocycles. The summed E-state index contributed by atoms with van der Waals surface area (Å²) in [6.07, 6.45) is 2.34. The topological polar surface area (TPSA) is 26.3 Å². The number of nitrogens with zero attached hydrogens (tertiary/aromatic N) is 1. The normalized spacial score (nSPS) is 13.5. The molecule has 1 atom stereocenters. The third kappa shape index (κ3) is 5.17. The molecule has 1 aromatic rings. The van der Waals surface area contributed by atoms with Crippen molar-refractivity contribution in [3.8, 4) is 0 Å². The summed E-state index contributed by atoms with van der Waals surface area (Å²) in [5.41, 5.74) is 1.33. The van der Waals surface area contributed by atoms with Crippen LogP contribution in [0.25, 0.3) is 0 Å². The van der Waals surface area contributed by atoms with E-state index >= 15 is 0 Å². The van der Waals surface area contributed by atoms with Gasteiger partial charge in [0.05, 0.1) is 13.1 Å². The molecule has 0 fully saturated rings. The van der Waals surface area contributed by atoms with Crippen LogP contribution in [0.4, 0.5) is 0 Å². The SMILES string of the molecule is C=CC(=O)OCC[N+](CC)(CCC)Cc1ccccc1. The van der Waals surface area contributed by atoms with E-state index in [1.54, 1.807) is 0 Å². The van der Waals surface area contributed by atoms with Gasteiger partial charge in [0.1, 0.15) is 19.7 Å². The highest BCUT2D eigenvalue weighted by Gasteiger charge is 2.25. The molecular weight excluding hydrogens is 250 g/mol. The molecule has 0 aliphatic carbocycles. The van der Waals surface area contributed by atoms with Crippen molar-refractivity contribution in [1.82, 2.24) is 0 Å². The smallest absolute Gasteiger partial charge is 0.330 e. The minimum absolute atomic E-state index is 0.338. The van der Waals surface area contributed by atoms with E-state index in [1.165, 1.54) is 11.6 Å². The Kier molecular flexibility index (Phi) is 7.02. The third-order valence-corrected chi connectivity index (χ3v) is 3.71. The van der Waals surface area contributed by atoms with Gasteiger partial charge in [-0.2, -0.15) is 0 Å². The molecule has 0 saturated carbocycles. The van der Waals surface area contributed by atoms with E-state index in [0.717, 1.165) is 37.1 Å². The minimum atomic E-state index is -0.338. The number of rotatable bonds is 9. The van der Waals surface area contributed by atoms with E-state index in [0.29, 0.717) is 6.61 Å². The van der Waals surface area contributed by atoms with E-state index in [-0.39, 0.29) is 5.97 Å². The maximum absolute atomic E-state index is 11.2. The maximum atomic E-state index is 11.2. The van der Waals surface area contributed by atoms with Crippen LogP contribution in [-0.2, 0) is 16.1 Å². The predicted molar refractivity (Wildman–Crippen MR) is 82.1 cm³/mol. The number of hydrogen-bond donors (Lipinski definition) is 0. The minimum Gasteiger partial charge on any atom is -0.457 e. The molecule has 0 bridgehead atoms. The fourth-order valence-corrected chi connectivity index (χ4v) is 2.54. The van der Waals surface area contributed by atoms with Crippen molar-refractivity contribution in [2.24, 2.45) is 0 Å². The molecule has 3 nitrogen and oxygen atoms in total. The fraction of sp³-hybridized carbons (Fsp3) is 0.471. The van der Waals surface area contributed by atoms with Crippen LogP contribution >= 0.6 is 0 Å². The summed E-state index contributed by atoms with van der Waals surface area (Å²) in [4.78, 5) is 11.2. The first kappa shape index (κ1) is 16.4. The van der Waals surface area contributed by atoms with Crippen LogP contribution in [-0.4, -0.2) is 36.7 Å².